The third-order valence-electron chi connectivity index (χ3n) is 6.76. The number of fused-ring (bicyclic) bond motifs is 1. The van der Waals surface area contributed by atoms with Crippen molar-refractivity contribution in [2.24, 2.45) is 4.99 Å². The summed E-state index contributed by atoms with van der Waals surface area (Å²) in [6, 6.07) is 21.1. The Morgan fingerprint density at radius 1 is 1.13 bits per heavy atom. The molecule has 0 unspecified atom stereocenters. The molecule has 2 fully saturated rings. The van der Waals surface area contributed by atoms with E-state index in [9.17, 15) is 9.59 Å². The molecule has 1 atom stereocenters. The van der Waals surface area contributed by atoms with Gasteiger partial charge in [-0.2, -0.15) is 0 Å². The number of amides is 1. The van der Waals surface area contributed by atoms with Gasteiger partial charge in [0.15, 0.2) is 5.17 Å². The summed E-state index contributed by atoms with van der Waals surface area (Å²) >= 11 is 1.38. The van der Waals surface area contributed by atoms with Crippen molar-refractivity contribution in [3.8, 4) is 0 Å². The summed E-state index contributed by atoms with van der Waals surface area (Å²) in [5.74, 6) is 0.203. The third kappa shape index (κ3) is 5.28. The van der Waals surface area contributed by atoms with Gasteiger partial charge in [-0.1, -0.05) is 36.4 Å². The number of hydrogen-bond acceptors (Lipinski definition) is 7. The molecule has 198 valence electrons. The van der Waals surface area contributed by atoms with Crippen LogP contribution in [0.1, 0.15) is 34.7 Å². The molecule has 0 aliphatic carbocycles. The Kier molecular flexibility index (Phi) is 7.08. The monoisotopic (exact) mass is 541 g/mol. The number of benzene rings is 2. The maximum atomic E-state index is 13.7. The van der Waals surface area contributed by atoms with Crippen molar-refractivity contribution >= 4 is 51.5 Å². The highest BCUT2D eigenvalue weighted by atomic mass is 32.2. The number of methoxy groups -OCH3 is 1. The molecule has 2 aromatic carbocycles. The van der Waals surface area contributed by atoms with Crippen LogP contribution >= 0.6 is 11.8 Å². The van der Waals surface area contributed by atoms with Crippen LogP contribution in [0.25, 0.3) is 17.0 Å². The van der Waals surface area contributed by atoms with E-state index in [1.807, 2.05) is 66.9 Å². The smallest absolute Gasteiger partial charge is 0.373 e. The van der Waals surface area contributed by atoms with Crippen molar-refractivity contribution in [2.45, 2.75) is 25.5 Å². The number of aliphatic imine (C=N–C) groups is 1. The summed E-state index contributed by atoms with van der Waals surface area (Å²) in [7, 11) is 1.32. The molecule has 39 heavy (non-hydrogen) atoms. The number of aromatic nitrogens is 1. The van der Waals surface area contributed by atoms with Crippen molar-refractivity contribution in [2.75, 3.05) is 20.3 Å². The molecule has 1 amide bonds. The van der Waals surface area contributed by atoms with Gasteiger partial charge in [-0.3, -0.25) is 9.69 Å². The van der Waals surface area contributed by atoms with Crippen LogP contribution in [-0.4, -0.2) is 52.9 Å². The number of para-hydroxylation sites is 2. The summed E-state index contributed by atoms with van der Waals surface area (Å²) in [6.45, 7) is 1.63. The molecule has 0 radical (unpaired) electrons. The molecule has 4 heterocycles. The summed E-state index contributed by atoms with van der Waals surface area (Å²) in [4.78, 5) is 32.6. The maximum Gasteiger partial charge on any atom is 0.373 e. The average molecular weight is 542 g/mol. The van der Waals surface area contributed by atoms with Crippen LogP contribution in [0.2, 0.25) is 0 Å². The van der Waals surface area contributed by atoms with Gasteiger partial charge in [0, 0.05) is 29.3 Å². The van der Waals surface area contributed by atoms with Gasteiger partial charge in [0.25, 0.3) is 5.91 Å². The minimum atomic E-state index is -0.513. The van der Waals surface area contributed by atoms with Gasteiger partial charge in [0.1, 0.15) is 5.76 Å². The molecule has 6 rings (SSSR count). The Morgan fingerprint density at radius 3 is 2.74 bits per heavy atom. The Morgan fingerprint density at radius 2 is 1.95 bits per heavy atom. The third-order valence-corrected chi connectivity index (χ3v) is 7.77. The molecular weight excluding hydrogens is 514 g/mol. The summed E-state index contributed by atoms with van der Waals surface area (Å²) < 4.78 is 18.3. The van der Waals surface area contributed by atoms with Crippen LogP contribution < -0.4 is 0 Å². The van der Waals surface area contributed by atoms with Gasteiger partial charge < -0.3 is 18.5 Å². The fourth-order valence-electron chi connectivity index (χ4n) is 4.86. The number of hydrogen-bond donors (Lipinski definition) is 0. The molecule has 0 bridgehead atoms. The normalized spacial score (nSPS) is 19.6. The fourth-order valence-corrected chi connectivity index (χ4v) is 5.86. The first kappa shape index (κ1) is 25.2. The zero-order valence-electron chi connectivity index (χ0n) is 21.4. The Bertz CT molecular complexity index is 1580. The van der Waals surface area contributed by atoms with Crippen LogP contribution in [0, 0.1) is 0 Å². The standard InChI is InChI=1S/C30H27N3O5S/c1-36-29(35)26-14-13-23(38-26)18-32-17-20(24-11-5-6-12-25(24)32)16-27-28(34)33(19-22-10-7-15-37-22)30(39-27)31-21-8-3-2-4-9-21/h2-6,8-9,11-14,16-17,22H,7,10,15,18-19H2,1H3/b27-16-,31-30?/t22-/m0/s1. The number of nitrogens with zero attached hydrogens (tertiary/aromatic N) is 3. The SMILES string of the molecule is COC(=O)c1ccc(Cn2cc(/C=C3\SC(=Nc4ccccc4)N(C[C@@H]4CCCO4)C3=O)c3ccccc32)o1. The number of rotatable bonds is 7. The maximum absolute atomic E-state index is 13.7. The van der Waals surface area contributed by atoms with Gasteiger partial charge in [0.2, 0.25) is 5.76 Å². The average Bonchev–Trinajstić information content (AvgIpc) is 3.76. The molecular formula is C30H27N3O5S. The Hall–Kier alpha value is -4.08. The van der Waals surface area contributed by atoms with E-state index in [1.165, 1.54) is 18.9 Å². The van der Waals surface area contributed by atoms with Gasteiger partial charge >= 0.3 is 5.97 Å². The summed E-state index contributed by atoms with van der Waals surface area (Å²) in [5, 5.41) is 1.67. The first-order valence-corrected chi connectivity index (χ1v) is 13.6. The molecule has 8 nitrogen and oxygen atoms in total. The fraction of sp³-hybridized carbons (Fsp3) is 0.233. The number of furan rings is 1. The van der Waals surface area contributed by atoms with Crippen LogP contribution in [0.3, 0.4) is 0 Å². The van der Waals surface area contributed by atoms with Gasteiger partial charge in [0.05, 0.1) is 36.9 Å². The lowest BCUT2D eigenvalue weighted by Crippen LogP contribution is -2.36. The zero-order chi connectivity index (χ0) is 26.8. The second-order valence-corrected chi connectivity index (χ2v) is 10.4. The highest BCUT2D eigenvalue weighted by Crippen LogP contribution is 2.36. The molecule has 0 spiro atoms. The zero-order valence-corrected chi connectivity index (χ0v) is 22.2. The largest absolute Gasteiger partial charge is 0.463 e. The molecule has 2 aromatic heterocycles. The van der Waals surface area contributed by atoms with E-state index in [2.05, 4.69) is 4.57 Å². The second kappa shape index (κ2) is 11.0. The van der Waals surface area contributed by atoms with Crippen molar-refractivity contribution in [1.82, 2.24) is 9.47 Å². The lowest BCUT2D eigenvalue weighted by Gasteiger charge is -2.19. The van der Waals surface area contributed by atoms with Gasteiger partial charge in [-0.05, 0) is 61.0 Å². The van der Waals surface area contributed by atoms with Gasteiger partial charge in [-0.15, -0.1) is 0 Å². The number of esters is 1. The molecule has 4 aromatic rings. The first-order valence-electron chi connectivity index (χ1n) is 12.8. The molecule has 2 aliphatic rings. The number of carbonyl (C=O) groups excluding carboxylic acids is 2. The molecule has 2 saturated heterocycles. The quantitative estimate of drug-likeness (QED) is 0.215. The number of thioether (sulfide) groups is 1. The Balaban J connectivity index is 1.33. The van der Waals surface area contributed by atoms with E-state index in [4.69, 9.17) is 18.9 Å². The molecule has 0 saturated carbocycles. The van der Waals surface area contributed by atoms with Gasteiger partial charge in [-0.25, -0.2) is 9.79 Å². The number of carbonyl (C=O) groups is 2. The number of amidine groups is 1. The van der Waals surface area contributed by atoms with E-state index in [-0.39, 0.29) is 17.8 Å². The second-order valence-electron chi connectivity index (χ2n) is 9.38. The van der Waals surface area contributed by atoms with Crippen LogP contribution in [0.15, 0.2) is 87.2 Å². The van der Waals surface area contributed by atoms with Crippen molar-refractivity contribution < 1.29 is 23.5 Å². The predicted octanol–water partition coefficient (Wildman–Crippen LogP) is 5.85. The van der Waals surface area contributed by atoms with Crippen LogP contribution in [0.4, 0.5) is 5.69 Å². The van der Waals surface area contributed by atoms with Crippen LogP contribution in [-0.2, 0) is 20.8 Å². The highest BCUT2D eigenvalue weighted by Gasteiger charge is 2.36. The Labute approximate surface area is 229 Å². The predicted molar refractivity (Wildman–Crippen MR) is 151 cm³/mol. The van der Waals surface area contributed by atoms with Crippen molar-refractivity contribution in [1.29, 1.82) is 0 Å². The summed E-state index contributed by atoms with van der Waals surface area (Å²) in [5.41, 5.74) is 2.71. The van der Waals surface area contributed by atoms with E-state index in [0.29, 0.717) is 28.9 Å². The van der Waals surface area contributed by atoms with Crippen molar-refractivity contribution in [3.05, 3.63) is 94.9 Å². The number of ether oxygens (including phenoxy) is 2. The summed E-state index contributed by atoms with van der Waals surface area (Å²) in [6.07, 6.45) is 5.89. The topological polar surface area (TPSA) is 86.3 Å². The molecule has 2 aliphatic heterocycles. The lowest BCUT2D eigenvalue weighted by molar-refractivity contribution is -0.123. The minimum Gasteiger partial charge on any atom is -0.463 e. The highest BCUT2D eigenvalue weighted by molar-refractivity contribution is 8.18. The lowest BCUT2D eigenvalue weighted by atomic mass is 10.1. The van der Waals surface area contributed by atoms with Crippen LogP contribution in [0.5, 0.6) is 0 Å². The van der Waals surface area contributed by atoms with E-state index in [0.717, 1.165) is 41.6 Å². The van der Waals surface area contributed by atoms with Crippen molar-refractivity contribution in [3.63, 3.8) is 0 Å². The molecule has 9 heteroatoms. The van der Waals surface area contributed by atoms with E-state index in [1.54, 1.807) is 17.0 Å². The first-order chi connectivity index (χ1) is 19.1. The van der Waals surface area contributed by atoms with E-state index >= 15 is 0 Å². The van der Waals surface area contributed by atoms with E-state index < -0.39 is 5.97 Å². The molecule has 0 N–H and O–H groups in total. The minimum absolute atomic E-state index is 0.0139.